The van der Waals surface area contributed by atoms with Crippen molar-refractivity contribution in [3.8, 4) is 45.1 Å². The maximum atomic E-state index is 13.4. The molecule has 64 heavy (non-hydrogen) atoms. The van der Waals surface area contributed by atoms with Gasteiger partial charge in [0.2, 0.25) is 17.7 Å². The molecule has 4 aromatic carbocycles. The van der Waals surface area contributed by atoms with Crippen LogP contribution in [0, 0.1) is 0 Å². The minimum absolute atomic E-state index is 0.106. The summed E-state index contributed by atoms with van der Waals surface area (Å²) in [4.78, 5) is 70.6. The van der Waals surface area contributed by atoms with E-state index in [1.165, 1.54) is 0 Å². The van der Waals surface area contributed by atoms with Gasteiger partial charge in [0.05, 0.1) is 42.3 Å². The third kappa shape index (κ3) is 9.61. The summed E-state index contributed by atoms with van der Waals surface area (Å²) in [6, 6.07) is 30.1. The fraction of sp³-hybridized carbons (Fsp3) is 0.320. The van der Waals surface area contributed by atoms with Crippen LogP contribution in [0.5, 0.6) is 11.5 Å². The molecule has 14 heteroatoms. The highest BCUT2D eigenvalue weighted by molar-refractivity contribution is 6.08. The minimum Gasteiger partial charge on any atom is -0.493 e. The number of methoxy groups -OCH3 is 1. The molecule has 3 aliphatic rings. The lowest BCUT2D eigenvalue weighted by Gasteiger charge is -2.29. The Morgan fingerprint density at radius 2 is 1.69 bits per heavy atom. The number of nitrogens with one attached hydrogen (secondary N) is 4. The molecule has 4 heterocycles. The van der Waals surface area contributed by atoms with Crippen molar-refractivity contribution in [3.63, 3.8) is 0 Å². The van der Waals surface area contributed by atoms with E-state index in [1.54, 1.807) is 18.1 Å². The van der Waals surface area contributed by atoms with Crippen molar-refractivity contribution in [2.75, 3.05) is 37.5 Å². The molecule has 330 valence electrons. The number of amides is 5. The summed E-state index contributed by atoms with van der Waals surface area (Å²) in [6.07, 6.45) is 1.76. The predicted molar refractivity (Wildman–Crippen MR) is 243 cm³/mol. The van der Waals surface area contributed by atoms with Crippen molar-refractivity contribution in [3.05, 3.63) is 114 Å². The Hall–Kier alpha value is -7.06. The first-order valence-corrected chi connectivity index (χ1v) is 21.6. The number of nitrogens with zero attached hydrogens (tertiary/aromatic N) is 2. The van der Waals surface area contributed by atoms with Gasteiger partial charge in [0.15, 0.2) is 18.1 Å². The van der Waals surface area contributed by atoms with Crippen LogP contribution >= 0.6 is 0 Å². The second-order valence-corrected chi connectivity index (χ2v) is 17.0. The molecule has 1 aromatic heterocycles. The van der Waals surface area contributed by atoms with Gasteiger partial charge in [-0.15, -0.1) is 0 Å². The number of imide groups is 1. The molecule has 0 spiro atoms. The molecule has 0 aliphatic carbocycles. The van der Waals surface area contributed by atoms with Gasteiger partial charge in [-0.1, -0.05) is 66.7 Å². The Balaban J connectivity index is 0.845. The molecular formula is C50H52N6O8. The van der Waals surface area contributed by atoms with Gasteiger partial charge >= 0.3 is 0 Å². The molecule has 0 radical (unpaired) electrons. The molecule has 4 N–H and O–H groups in total. The average molecular weight is 865 g/mol. The number of carbonyl (C=O) groups excluding carboxylic acids is 5. The van der Waals surface area contributed by atoms with Gasteiger partial charge < -0.3 is 35.1 Å². The van der Waals surface area contributed by atoms with E-state index in [0.717, 1.165) is 44.8 Å². The van der Waals surface area contributed by atoms with E-state index in [1.807, 2.05) is 112 Å². The first kappa shape index (κ1) is 43.6. The van der Waals surface area contributed by atoms with Crippen molar-refractivity contribution in [1.29, 1.82) is 0 Å². The lowest BCUT2D eigenvalue weighted by atomic mass is 9.92. The van der Waals surface area contributed by atoms with E-state index >= 15 is 0 Å². The number of fused-ring (bicyclic) bond motifs is 4. The number of ether oxygens (including phenoxy) is 3. The summed E-state index contributed by atoms with van der Waals surface area (Å²) >= 11 is 0. The molecule has 1 fully saturated rings. The number of anilines is 2. The number of benzene rings is 4. The van der Waals surface area contributed by atoms with Gasteiger partial charge in [-0.05, 0) is 92.6 Å². The molecule has 14 nitrogen and oxygen atoms in total. The van der Waals surface area contributed by atoms with Gasteiger partial charge in [0, 0.05) is 48.5 Å². The van der Waals surface area contributed by atoms with Crippen molar-refractivity contribution >= 4 is 40.9 Å². The average Bonchev–Trinajstić information content (AvgIpc) is 3.53. The third-order valence-electron chi connectivity index (χ3n) is 11.8. The van der Waals surface area contributed by atoms with Gasteiger partial charge in [0.25, 0.3) is 11.8 Å². The molecule has 2 unspecified atom stereocenters. The Labute approximate surface area is 372 Å². The second kappa shape index (κ2) is 18.7. The summed E-state index contributed by atoms with van der Waals surface area (Å²) in [7, 11) is 1.55. The topological polar surface area (TPSA) is 177 Å². The summed E-state index contributed by atoms with van der Waals surface area (Å²) in [5, 5.41) is 11.8. The number of para-hydroxylation sites is 1. The second-order valence-electron chi connectivity index (χ2n) is 17.0. The van der Waals surface area contributed by atoms with E-state index in [-0.39, 0.29) is 49.2 Å². The minimum atomic E-state index is -0.667. The molecular weight excluding hydrogens is 813 g/mol. The fourth-order valence-electron chi connectivity index (χ4n) is 8.49. The van der Waals surface area contributed by atoms with Crippen molar-refractivity contribution < 1.29 is 38.2 Å². The molecule has 0 bridgehead atoms. The number of piperidine rings is 1. The number of aromatic nitrogens is 1. The maximum Gasteiger partial charge on any atom is 0.258 e. The van der Waals surface area contributed by atoms with Crippen LogP contribution in [0.3, 0.4) is 0 Å². The Kier molecular flexibility index (Phi) is 12.8. The highest BCUT2D eigenvalue weighted by atomic mass is 16.5. The van der Waals surface area contributed by atoms with Crippen molar-refractivity contribution in [1.82, 2.24) is 20.5 Å². The SMILES string of the molecule is COc1cc(-c2cc(-c3ccccc3)nc3c2CC(=O)Nc2ccccc2-3)ccc1OCC(=O)NC(C)(C)CCOC(C)CCNc1cccc2c1C(=O)N(C1CCC(=O)NC1=O)C2. The van der Waals surface area contributed by atoms with E-state index in [2.05, 4.69) is 21.3 Å². The van der Waals surface area contributed by atoms with Crippen LogP contribution in [0.1, 0.15) is 67.9 Å². The molecule has 1 saturated heterocycles. The highest BCUT2D eigenvalue weighted by Crippen LogP contribution is 2.42. The standard InChI is InChI=1S/C50H52N6O8/c1-30(21-23-51-38-16-10-13-33-28-56(49(61)46(33)38)40-18-20-43(57)54-48(40)60)63-24-22-50(2,3)55-45(59)29-64-41-19-17-32(25-42(41)62-4)35-26-39(31-11-6-5-7-12-31)53-47-34-14-8-9-15-37(34)52-44(58)27-36(35)47/h5-17,19,25-26,30,40,51H,18,20-24,27-29H2,1-4H3,(H,52,58)(H,55,59)(H,54,57,60). The van der Waals surface area contributed by atoms with Crippen LogP contribution in [-0.4, -0.2) is 84.0 Å². The normalized spacial score (nSPS) is 16.1. The highest BCUT2D eigenvalue weighted by Gasteiger charge is 2.40. The van der Waals surface area contributed by atoms with Crippen LogP contribution < -0.4 is 30.7 Å². The molecule has 5 aromatic rings. The van der Waals surface area contributed by atoms with E-state index < -0.39 is 17.5 Å². The zero-order chi connectivity index (χ0) is 45.0. The number of rotatable bonds is 16. The Morgan fingerprint density at radius 1 is 0.891 bits per heavy atom. The monoisotopic (exact) mass is 864 g/mol. The smallest absolute Gasteiger partial charge is 0.258 e. The van der Waals surface area contributed by atoms with E-state index in [4.69, 9.17) is 19.2 Å². The van der Waals surface area contributed by atoms with Crippen LogP contribution in [0.15, 0.2) is 97.1 Å². The molecule has 0 saturated carbocycles. The molecule has 3 aliphatic heterocycles. The maximum absolute atomic E-state index is 13.4. The van der Waals surface area contributed by atoms with Crippen LogP contribution in [0.4, 0.5) is 11.4 Å². The third-order valence-corrected chi connectivity index (χ3v) is 11.8. The van der Waals surface area contributed by atoms with E-state index in [9.17, 15) is 24.0 Å². The quantitative estimate of drug-likeness (QED) is 0.0762. The van der Waals surface area contributed by atoms with Gasteiger partial charge in [-0.25, -0.2) is 4.98 Å². The van der Waals surface area contributed by atoms with E-state index in [0.29, 0.717) is 67.4 Å². The number of pyridine rings is 1. The van der Waals surface area contributed by atoms with Crippen LogP contribution in [0.25, 0.3) is 33.6 Å². The summed E-state index contributed by atoms with van der Waals surface area (Å²) in [6.45, 7) is 6.88. The zero-order valence-electron chi connectivity index (χ0n) is 36.4. The number of hydrogen-bond acceptors (Lipinski definition) is 10. The molecule has 2 atom stereocenters. The fourth-order valence-corrected chi connectivity index (χ4v) is 8.49. The predicted octanol–water partition coefficient (Wildman–Crippen LogP) is 6.92. The van der Waals surface area contributed by atoms with Crippen molar-refractivity contribution in [2.24, 2.45) is 0 Å². The summed E-state index contributed by atoms with van der Waals surface area (Å²) < 4.78 is 17.9. The first-order valence-electron chi connectivity index (χ1n) is 21.6. The summed E-state index contributed by atoms with van der Waals surface area (Å²) in [5.74, 6) is -0.573. The summed E-state index contributed by atoms with van der Waals surface area (Å²) in [5.41, 5.74) is 7.92. The van der Waals surface area contributed by atoms with Gasteiger partial charge in [-0.3, -0.25) is 29.3 Å². The molecule has 8 rings (SSSR count). The van der Waals surface area contributed by atoms with Gasteiger partial charge in [-0.2, -0.15) is 0 Å². The number of carbonyl (C=O) groups is 5. The largest absolute Gasteiger partial charge is 0.493 e. The lowest BCUT2D eigenvalue weighted by molar-refractivity contribution is -0.137. The zero-order valence-corrected chi connectivity index (χ0v) is 36.4. The Morgan fingerprint density at radius 3 is 2.48 bits per heavy atom. The van der Waals surface area contributed by atoms with Crippen LogP contribution in [0.2, 0.25) is 0 Å². The Bertz CT molecular complexity index is 2610. The number of hydrogen-bond donors (Lipinski definition) is 4. The van der Waals surface area contributed by atoms with Crippen molar-refractivity contribution in [2.45, 2.75) is 77.1 Å². The molecule has 5 amide bonds. The first-order chi connectivity index (χ1) is 30.9. The van der Waals surface area contributed by atoms with Gasteiger partial charge in [0.1, 0.15) is 6.04 Å². The van der Waals surface area contributed by atoms with Crippen LogP contribution in [-0.2, 0) is 36.9 Å². The lowest BCUT2D eigenvalue weighted by Crippen LogP contribution is -2.52.